The molecule has 5 rings (SSSR count). The van der Waals surface area contributed by atoms with Crippen molar-refractivity contribution in [2.75, 3.05) is 0 Å². The molecule has 1 unspecified atom stereocenters. The number of para-hydroxylation sites is 2. The molecule has 2 aromatic heterocycles. The summed E-state index contributed by atoms with van der Waals surface area (Å²) >= 11 is 0. The summed E-state index contributed by atoms with van der Waals surface area (Å²) < 4.78 is 50.1. The van der Waals surface area contributed by atoms with E-state index in [2.05, 4.69) is 15.1 Å². The largest absolute Gasteiger partial charge is 0.474 e. The molecule has 2 aliphatic heterocycles. The normalized spacial score (nSPS) is 21.4. The van der Waals surface area contributed by atoms with Gasteiger partial charge in [-0.25, -0.2) is 4.98 Å². The molecule has 1 atom stereocenters. The molecule has 6 nitrogen and oxygen atoms in total. The van der Waals surface area contributed by atoms with Gasteiger partial charge in [0.25, 0.3) is 0 Å². The number of halogens is 3. The van der Waals surface area contributed by atoms with Gasteiger partial charge in [-0.05, 0) is 31.2 Å². The Labute approximate surface area is 151 Å². The maximum Gasteiger partial charge on any atom is 0.474 e. The Kier molecular flexibility index (Phi) is 2.99. The van der Waals surface area contributed by atoms with Crippen molar-refractivity contribution in [3.63, 3.8) is 0 Å². The Balaban J connectivity index is 1.80. The summed E-state index contributed by atoms with van der Waals surface area (Å²) in [7, 11) is 0. The molecule has 2 aliphatic rings. The third-order valence-corrected chi connectivity index (χ3v) is 4.58. The predicted molar refractivity (Wildman–Crippen MR) is 91.1 cm³/mol. The van der Waals surface area contributed by atoms with Crippen molar-refractivity contribution in [1.82, 2.24) is 19.5 Å². The zero-order valence-electron chi connectivity index (χ0n) is 14.0. The van der Waals surface area contributed by atoms with E-state index < -0.39 is 12.0 Å². The van der Waals surface area contributed by atoms with Gasteiger partial charge in [0.1, 0.15) is 5.82 Å². The van der Waals surface area contributed by atoms with Crippen LogP contribution in [0.3, 0.4) is 0 Å². The van der Waals surface area contributed by atoms with Gasteiger partial charge in [-0.15, -0.1) is 5.10 Å². The van der Waals surface area contributed by atoms with Crippen LogP contribution in [0.4, 0.5) is 13.2 Å². The van der Waals surface area contributed by atoms with Gasteiger partial charge in [-0.2, -0.15) is 18.2 Å². The molecule has 0 N–H and O–H groups in total. The van der Waals surface area contributed by atoms with E-state index in [9.17, 15) is 13.2 Å². The lowest BCUT2D eigenvalue weighted by Crippen LogP contribution is -2.58. The molecule has 4 heterocycles. The maximum absolute atomic E-state index is 14.5. The highest BCUT2D eigenvalue weighted by atomic mass is 19.4. The highest BCUT2D eigenvalue weighted by molar-refractivity contribution is 5.95. The number of allylic oxidation sites excluding steroid dienone is 1. The van der Waals surface area contributed by atoms with E-state index in [0.29, 0.717) is 16.6 Å². The lowest BCUT2D eigenvalue weighted by atomic mass is 10.2. The second-order valence-corrected chi connectivity index (χ2v) is 6.24. The summed E-state index contributed by atoms with van der Waals surface area (Å²) in [5.41, 5.74) is 1.44. The molecular weight excluding hydrogens is 359 g/mol. The number of hydrogen-bond donors (Lipinski definition) is 0. The monoisotopic (exact) mass is 371 g/mol. The van der Waals surface area contributed by atoms with Crippen LogP contribution in [-0.4, -0.2) is 31.6 Å². The molecule has 0 bridgehead atoms. The summed E-state index contributed by atoms with van der Waals surface area (Å²) in [6.07, 6.45) is -0.287. The lowest BCUT2D eigenvalue weighted by molar-refractivity contribution is -0.333. The number of pyridine rings is 1. The average Bonchev–Trinajstić information content (AvgIpc) is 3.21. The SMILES string of the molecule is CC1=Cc2nc3ccccc3n2C2(C(F)(F)F)OC(c3ccncc3)=NN12. The zero-order valence-corrected chi connectivity index (χ0v) is 14.0. The van der Waals surface area contributed by atoms with Gasteiger partial charge in [-0.1, -0.05) is 12.1 Å². The fourth-order valence-electron chi connectivity index (χ4n) is 3.44. The van der Waals surface area contributed by atoms with E-state index in [-0.39, 0.29) is 17.4 Å². The van der Waals surface area contributed by atoms with Gasteiger partial charge in [0.15, 0.2) is 0 Å². The minimum atomic E-state index is -4.79. The number of benzene rings is 1. The van der Waals surface area contributed by atoms with Gasteiger partial charge in [-0.3, -0.25) is 9.55 Å². The van der Waals surface area contributed by atoms with E-state index in [1.807, 2.05) is 0 Å². The van der Waals surface area contributed by atoms with E-state index in [1.165, 1.54) is 12.4 Å². The first kappa shape index (κ1) is 15.9. The molecule has 0 radical (unpaired) electrons. The third-order valence-electron chi connectivity index (χ3n) is 4.58. The minimum Gasteiger partial charge on any atom is -0.421 e. The molecule has 136 valence electrons. The van der Waals surface area contributed by atoms with E-state index >= 15 is 0 Å². The van der Waals surface area contributed by atoms with Gasteiger partial charge in [0, 0.05) is 29.7 Å². The Morgan fingerprint density at radius 3 is 2.56 bits per heavy atom. The zero-order chi connectivity index (χ0) is 18.8. The summed E-state index contributed by atoms with van der Waals surface area (Å²) in [6, 6.07) is 9.74. The first-order valence-electron chi connectivity index (χ1n) is 8.13. The van der Waals surface area contributed by atoms with Crippen molar-refractivity contribution in [2.45, 2.75) is 18.9 Å². The number of aromatic nitrogens is 3. The highest BCUT2D eigenvalue weighted by Gasteiger charge is 2.69. The molecule has 0 saturated heterocycles. The Morgan fingerprint density at radius 1 is 1.07 bits per heavy atom. The molecule has 9 heteroatoms. The van der Waals surface area contributed by atoms with Crippen LogP contribution >= 0.6 is 0 Å². The van der Waals surface area contributed by atoms with E-state index in [0.717, 1.165) is 9.58 Å². The number of alkyl halides is 3. The van der Waals surface area contributed by atoms with Crippen LogP contribution < -0.4 is 0 Å². The van der Waals surface area contributed by atoms with Crippen molar-refractivity contribution in [3.8, 4) is 0 Å². The second-order valence-electron chi connectivity index (χ2n) is 6.24. The summed E-state index contributed by atoms with van der Waals surface area (Å²) in [4.78, 5) is 8.22. The molecule has 3 aromatic rings. The Hall–Kier alpha value is -3.36. The first-order chi connectivity index (χ1) is 12.9. The van der Waals surface area contributed by atoms with Crippen molar-refractivity contribution >= 4 is 23.0 Å². The minimum absolute atomic E-state index is 0.131. The van der Waals surface area contributed by atoms with Crippen LogP contribution in [0.1, 0.15) is 18.3 Å². The van der Waals surface area contributed by atoms with Crippen LogP contribution in [0.2, 0.25) is 0 Å². The van der Waals surface area contributed by atoms with Crippen LogP contribution in [0.15, 0.2) is 59.6 Å². The standard InChI is InChI=1S/C18H12F3N5O/c1-11-10-15-23-13-4-2-3-5-14(13)25(15)18(17(19,20)21)26(11)24-16(27-18)12-6-8-22-9-7-12/h2-10H,1H3. The van der Waals surface area contributed by atoms with Crippen LogP contribution in [0.25, 0.3) is 17.1 Å². The summed E-state index contributed by atoms with van der Waals surface area (Å²) in [6.45, 7) is 1.55. The first-order valence-corrected chi connectivity index (χ1v) is 8.13. The number of ether oxygens (including phenoxy) is 1. The van der Waals surface area contributed by atoms with Crippen molar-refractivity contribution in [2.24, 2.45) is 5.10 Å². The van der Waals surface area contributed by atoms with E-state index in [1.54, 1.807) is 49.4 Å². The topological polar surface area (TPSA) is 55.5 Å². The number of hydrazone groups is 1. The smallest absolute Gasteiger partial charge is 0.421 e. The molecule has 27 heavy (non-hydrogen) atoms. The van der Waals surface area contributed by atoms with E-state index in [4.69, 9.17) is 4.74 Å². The van der Waals surface area contributed by atoms with Crippen molar-refractivity contribution in [1.29, 1.82) is 0 Å². The quantitative estimate of drug-likeness (QED) is 0.655. The number of rotatable bonds is 1. The molecule has 0 amide bonds. The number of fused-ring (bicyclic) bond motifs is 5. The molecule has 0 spiro atoms. The van der Waals surface area contributed by atoms with Gasteiger partial charge >= 0.3 is 12.0 Å². The van der Waals surface area contributed by atoms with Crippen LogP contribution in [0, 0.1) is 0 Å². The summed E-state index contributed by atoms with van der Waals surface area (Å²) in [5, 5.41) is 5.01. The molecule has 0 saturated carbocycles. The predicted octanol–water partition coefficient (Wildman–Crippen LogP) is 3.67. The Morgan fingerprint density at radius 2 is 1.81 bits per heavy atom. The van der Waals surface area contributed by atoms with Crippen molar-refractivity contribution < 1.29 is 17.9 Å². The molecule has 0 aliphatic carbocycles. The highest BCUT2D eigenvalue weighted by Crippen LogP contribution is 2.51. The van der Waals surface area contributed by atoms with Gasteiger partial charge in [0.2, 0.25) is 5.90 Å². The van der Waals surface area contributed by atoms with Gasteiger partial charge in [0.05, 0.1) is 11.0 Å². The molecule has 0 fully saturated rings. The van der Waals surface area contributed by atoms with Crippen LogP contribution in [-0.2, 0) is 10.6 Å². The third kappa shape index (κ3) is 1.99. The second kappa shape index (κ2) is 5.09. The molecule has 1 aromatic carbocycles. The lowest BCUT2D eigenvalue weighted by Gasteiger charge is -2.41. The number of imidazole rings is 1. The van der Waals surface area contributed by atoms with Crippen molar-refractivity contribution in [3.05, 3.63) is 65.9 Å². The molecular formula is C18H12F3N5O. The van der Waals surface area contributed by atoms with Gasteiger partial charge < -0.3 is 4.74 Å². The maximum atomic E-state index is 14.5. The number of nitrogens with zero attached hydrogens (tertiary/aromatic N) is 5. The fraction of sp³-hybridized carbons (Fsp3) is 0.167. The fourth-order valence-corrected chi connectivity index (χ4v) is 3.44. The Bertz CT molecular complexity index is 1120. The average molecular weight is 371 g/mol. The number of hydrogen-bond acceptors (Lipinski definition) is 5. The van der Waals surface area contributed by atoms with Crippen LogP contribution in [0.5, 0.6) is 0 Å². The summed E-state index contributed by atoms with van der Waals surface area (Å²) in [5.74, 6) is -2.81.